The largest absolute Gasteiger partial charge is 0.362 e. The lowest BCUT2D eigenvalue weighted by Gasteiger charge is -2.41. The SMILES string of the molecule is CN(C)c1ncc(C(=O)Nc2nc(-c3cc(Cl)cs3)c(N3CCN(C4CCCCC4)CC3)s2)cc1Cl. The average Bonchev–Trinajstić information content (AvgIpc) is 3.50. The van der Waals surface area contributed by atoms with Crippen molar-refractivity contribution in [1.82, 2.24) is 14.9 Å². The zero-order valence-electron chi connectivity index (χ0n) is 20.5. The number of hydrogen-bond donors (Lipinski definition) is 1. The number of amides is 1. The number of hydrogen-bond acceptors (Lipinski definition) is 8. The van der Waals surface area contributed by atoms with Crippen LogP contribution in [-0.4, -0.2) is 67.1 Å². The predicted molar refractivity (Wildman–Crippen MR) is 153 cm³/mol. The quantitative estimate of drug-likeness (QED) is 0.376. The Kier molecular flexibility index (Phi) is 8.02. The molecule has 1 saturated carbocycles. The summed E-state index contributed by atoms with van der Waals surface area (Å²) in [7, 11) is 3.72. The summed E-state index contributed by atoms with van der Waals surface area (Å²) in [5, 5.41) is 7.63. The molecule has 4 heterocycles. The van der Waals surface area contributed by atoms with Crippen LogP contribution in [0.5, 0.6) is 0 Å². The van der Waals surface area contributed by atoms with E-state index in [1.54, 1.807) is 17.4 Å². The second-order valence-corrected chi connectivity index (χ2v) is 12.2. The molecule has 0 spiro atoms. The van der Waals surface area contributed by atoms with Crippen LogP contribution in [0.2, 0.25) is 10.0 Å². The van der Waals surface area contributed by atoms with Crippen LogP contribution in [0.1, 0.15) is 42.5 Å². The van der Waals surface area contributed by atoms with E-state index in [4.69, 9.17) is 28.2 Å². The Morgan fingerprint density at radius 1 is 1.11 bits per heavy atom. The van der Waals surface area contributed by atoms with Crippen molar-refractivity contribution in [3.05, 3.63) is 39.3 Å². The lowest BCUT2D eigenvalue weighted by atomic mass is 9.94. The van der Waals surface area contributed by atoms with Crippen molar-refractivity contribution >= 4 is 67.7 Å². The summed E-state index contributed by atoms with van der Waals surface area (Å²) < 4.78 is 0. The Balaban J connectivity index is 1.35. The van der Waals surface area contributed by atoms with Gasteiger partial charge in [-0.05, 0) is 25.0 Å². The number of aromatic nitrogens is 2. The van der Waals surface area contributed by atoms with Gasteiger partial charge in [0.25, 0.3) is 5.91 Å². The highest BCUT2D eigenvalue weighted by Gasteiger charge is 2.28. The van der Waals surface area contributed by atoms with E-state index in [0.717, 1.165) is 47.8 Å². The third kappa shape index (κ3) is 5.65. The summed E-state index contributed by atoms with van der Waals surface area (Å²) in [6, 6.07) is 4.31. The highest BCUT2D eigenvalue weighted by molar-refractivity contribution is 7.21. The number of piperazine rings is 1. The van der Waals surface area contributed by atoms with Crippen molar-refractivity contribution in [3.63, 3.8) is 0 Å². The molecule has 0 atom stereocenters. The molecule has 2 fully saturated rings. The maximum absolute atomic E-state index is 13.0. The molecule has 1 amide bonds. The fourth-order valence-electron chi connectivity index (χ4n) is 4.97. The van der Waals surface area contributed by atoms with Gasteiger partial charge in [0.2, 0.25) is 0 Å². The minimum atomic E-state index is -0.284. The molecule has 0 aromatic carbocycles. The van der Waals surface area contributed by atoms with E-state index in [1.807, 2.05) is 30.4 Å². The van der Waals surface area contributed by atoms with E-state index in [9.17, 15) is 4.79 Å². The predicted octanol–water partition coefficient (Wildman–Crippen LogP) is 6.35. The first-order chi connectivity index (χ1) is 17.4. The number of pyridine rings is 1. The van der Waals surface area contributed by atoms with Crippen molar-refractivity contribution < 1.29 is 4.79 Å². The van der Waals surface area contributed by atoms with E-state index >= 15 is 0 Å². The normalized spacial score (nSPS) is 17.4. The van der Waals surface area contributed by atoms with E-state index in [0.29, 0.717) is 26.6 Å². The van der Waals surface area contributed by atoms with Crippen LogP contribution in [0, 0.1) is 0 Å². The first-order valence-corrected chi connectivity index (χ1v) is 14.7. The molecule has 0 radical (unpaired) electrons. The first kappa shape index (κ1) is 25.7. The highest BCUT2D eigenvalue weighted by atomic mass is 35.5. The number of thiazole rings is 1. The average molecular weight is 566 g/mol. The van der Waals surface area contributed by atoms with Crippen LogP contribution < -0.4 is 15.1 Å². The van der Waals surface area contributed by atoms with Gasteiger partial charge in [-0.15, -0.1) is 11.3 Å². The summed E-state index contributed by atoms with van der Waals surface area (Å²) in [5.74, 6) is 0.335. The summed E-state index contributed by atoms with van der Waals surface area (Å²) in [5.41, 5.74) is 1.27. The van der Waals surface area contributed by atoms with Gasteiger partial charge in [0.15, 0.2) is 5.13 Å². The Labute approximate surface area is 230 Å². The second kappa shape index (κ2) is 11.2. The monoisotopic (exact) mass is 564 g/mol. The van der Waals surface area contributed by atoms with Crippen LogP contribution in [0.25, 0.3) is 10.6 Å². The zero-order valence-corrected chi connectivity index (χ0v) is 23.6. The molecule has 11 heteroatoms. The van der Waals surface area contributed by atoms with Gasteiger partial charge in [-0.2, -0.15) is 0 Å². The molecule has 5 rings (SSSR count). The number of nitrogens with one attached hydrogen (secondary N) is 1. The van der Waals surface area contributed by atoms with Crippen molar-refractivity contribution in [2.45, 2.75) is 38.1 Å². The number of rotatable bonds is 6. The number of thiophene rings is 1. The van der Waals surface area contributed by atoms with Gasteiger partial charge in [-0.3, -0.25) is 15.0 Å². The molecule has 1 saturated heterocycles. The van der Waals surface area contributed by atoms with Crippen LogP contribution in [0.4, 0.5) is 16.0 Å². The number of carbonyl (C=O) groups excluding carboxylic acids is 1. The van der Waals surface area contributed by atoms with E-state index in [-0.39, 0.29) is 5.91 Å². The third-order valence-corrected chi connectivity index (χ3v) is 9.42. The number of anilines is 3. The second-order valence-electron chi connectivity index (χ2n) is 9.49. The smallest absolute Gasteiger partial charge is 0.259 e. The summed E-state index contributed by atoms with van der Waals surface area (Å²) in [6.07, 6.45) is 8.26. The van der Waals surface area contributed by atoms with Crippen LogP contribution >= 0.6 is 45.9 Å². The summed E-state index contributed by atoms with van der Waals surface area (Å²) in [6.45, 7) is 4.00. The standard InChI is InChI=1S/C25H30Cl2N6OS2/c1-31(2)22-19(27)12-16(14-28-22)23(34)30-25-29-21(20-13-17(26)15-35-20)24(36-25)33-10-8-32(9-11-33)18-6-4-3-5-7-18/h12-15,18H,3-11H2,1-2H3,(H,29,30,34). The van der Waals surface area contributed by atoms with Gasteiger partial charge >= 0.3 is 0 Å². The van der Waals surface area contributed by atoms with Crippen molar-refractivity contribution in [1.29, 1.82) is 0 Å². The highest BCUT2D eigenvalue weighted by Crippen LogP contribution is 2.42. The van der Waals surface area contributed by atoms with Gasteiger partial charge in [0.1, 0.15) is 16.5 Å². The molecule has 3 aromatic rings. The Morgan fingerprint density at radius 2 is 1.86 bits per heavy atom. The topological polar surface area (TPSA) is 64.6 Å². The van der Waals surface area contributed by atoms with Gasteiger partial charge in [-0.1, -0.05) is 53.8 Å². The van der Waals surface area contributed by atoms with Crippen LogP contribution in [-0.2, 0) is 0 Å². The molecule has 0 unspecified atom stereocenters. The molecule has 3 aromatic heterocycles. The Hall–Kier alpha value is -1.91. The van der Waals surface area contributed by atoms with Crippen molar-refractivity contribution in [2.24, 2.45) is 0 Å². The minimum absolute atomic E-state index is 0.284. The Morgan fingerprint density at radius 3 is 2.50 bits per heavy atom. The lowest BCUT2D eigenvalue weighted by molar-refractivity contribution is 0.102. The molecule has 1 aliphatic heterocycles. The maximum Gasteiger partial charge on any atom is 0.259 e. The molecule has 192 valence electrons. The number of halogens is 2. The van der Waals surface area contributed by atoms with Crippen molar-refractivity contribution in [3.8, 4) is 10.6 Å². The van der Waals surface area contributed by atoms with Gasteiger partial charge in [0, 0.05) is 57.9 Å². The van der Waals surface area contributed by atoms with Crippen LogP contribution in [0.15, 0.2) is 23.7 Å². The van der Waals surface area contributed by atoms with Gasteiger partial charge in [-0.25, -0.2) is 9.97 Å². The zero-order chi connectivity index (χ0) is 25.2. The molecule has 1 N–H and O–H groups in total. The van der Waals surface area contributed by atoms with Crippen LogP contribution in [0.3, 0.4) is 0 Å². The number of nitrogens with zero attached hydrogens (tertiary/aromatic N) is 5. The molecular weight excluding hydrogens is 535 g/mol. The van der Waals surface area contributed by atoms with Gasteiger partial charge < -0.3 is 9.80 Å². The van der Waals surface area contributed by atoms with E-state index in [1.165, 1.54) is 49.6 Å². The summed E-state index contributed by atoms with van der Waals surface area (Å²) >= 11 is 15.7. The molecule has 7 nitrogen and oxygen atoms in total. The first-order valence-electron chi connectivity index (χ1n) is 12.3. The number of carbonyl (C=O) groups is 1. The minimum Gasteiger partial charge on any atom is -0.362 e. The molecule has 1 aliphatic carbocycles. The van der Waals surface area contributed by atoms with Crippen molar-refractivity contribution in [2.75, 3.05) is 55.4 Å². The molecule has 2 aliphatic rings. The fourth-order valence-corrected chi connectivity index (χ4v) is 7.46. The third-order valence-electron chi connectivity index (χ3n) is 6.83. The summed E-state index contributed by atoms with van der Waals surface area (Å²) in [4.78, 5) is 30.0. The molecule has 36 heavy (non-hydrogen) atoms. The maximum atomic E-state index is 13.0. The van der Waals surface area contributed by atoms with E-state index in [2.05, 4.69) is 20.1 Å². The lowest BCUT2D eigenvalue weighted by Crippen LogP contribution is -2.50. The molecular formula is C25H30Cl2N6OS2. The Bertz CT molecular complexity index is 1220. The fraction of sp³-hybridized carbons (Fsp3) is 0.480. The molecule has 0 bridgehead atoms. The van der Waals surface area contributed by atoms with Gasteiger partial charge in [0.05, 0.1) is 20.5 Å². The van der Waals surface area contributed by atoms with E-state index < -0.39 is 0 Å².